The minimum absolute atomic E-state index is 0.00394. The second-order valence-electron chi connectivity index (χ2n) is 10.2. The van der Waals surface area contributed by atoms with Crippen molar-refractivity contribution in [1.82, 2.24) is 10.2 Å². The zero-order valence-corrected chi connectivity index (χ0v) is 23.2. The van der Waals surface area contributed by atoms with Crippen molar-refractivity contribution in [3.05, 3.63) is 0 Å². The number of primary amides is 1. The SMILES string of the molecule is CCCCCCCCCCCCCCCC(=O)N[C@@H](CCCCN)CN(CC(N)=O)C(=O)CCCN. The Hall–Kier alpha value is -1.67. The molecular weight excluding hydrogens is 454 g/mol. The van der Waals surface area contributed by atoms with Crippen LogP contribution in [0.1, 0.15) is 129 Å². The van der Waals surface area contributed by atoms with Crippen molar-refractivity contribution in [3.63, 3.8) is 0 Å². The highest BCUT2D eigenvalue weighted by atomic mass is 16.2. The summed E-state index contributed by atoms with van der Waals surface area (Å²) < 4.78 is 0. The number of hydrogen-bond acceptors (Lipinski definition) is 5. The number of unbranched alkanes of at least 4 members (excludes halogenated alkanes) is 13. The Balaban J connectivity index is 4.25. The molecule has 0 fully saturated rings. The van der Waals surface area contributed by atoms with Crippen molar-refractivity contribution in [3.8, 4) is 0 Å². The Morgan fingerprint density at radius 3 is 1.72 bits per heavy atom. The number of amides is 3. The molecule has 36 heavy (non-hydrogen) atoms. The van der Waals surface area contributed by atoms with E-state index in [1.165, 1.54) is 75.5 Å². The minimum Gasteiger partial charge on any atom is -0.368 e. The normalized spacial score (nSPS) is 11.9. The highest BCUT2D eigenvalue weighted by molar-refractivity contribution is 5.84. The van der Waals surface area contributed by atoms with Crippen LogP contribution in [0.4, 0.5) is 0 Å². The summed E-state index contributed by atoms with van der Waals surface area (Å²) in [6.07, 6.45) is 20.2. The lowest BCUT2D eigenvalue weighted by molar-refractivity contribution is -0.136. The molecule has 0 aromatic rings. The summed E-state index contributed by atoms with van der Waals surface area (Å²) in [4.78, 5) is 38.1. The molecule has 7 N–H and O–H groups in total. The van der Waals surface area contributed by atoms with E-state index in [0.717, 1.165) is 25.7 Å². The Morgan fingerprint density at radius 1 is 0.694 bits per heavy atom. The second kappa shape index (κ2) is 25.0. The van der Waals surface area contributed by atoms with E-state index in [0.29, 0.717) is 32.4 Å². The third kappa shape index (κ3) is 21.6. The van der Waals surface area contributed by atoms with Crippen LogP contribution >= 0.6 is 0 Å². The van der Waals surface area contributed by atoms with Gasteiger partial charge >= 0.3 is 0 Å². The summed E-state index contributed by atoms with van der Waals surface area (Å²) in [5, 5.41) is 3.08. The van der Waals surface area contributed by atoms with Gasteiger partial charge in [0, 0.05) is 25.4 Å². The summed E-state index contributed by atoms with van der Waals surface area (Å²) in [5.74, 6) is -0.715. The summed E-state index contributed by atoms with van der Waals surface area (Å²) in [6, 6.07) is -0.216. The van der Waals surface area contributed by atoms with Crippen LogP contribution in [0, 0.1) is 0 Å². The molecule has 0 saturated carbocycles. The van der Waals surface area contributed by atoms with Gasteiger partial charge in [-0.15, -0.1) is 0 Å². The van der Waals surface area contributed by atoms with Crippen molar-refractivity contribution < 1.29 is 14.4 Å². The third-order valence-corrected chi connectivity index (χ3v) is 6.61. The Kier molecular flexibility index (Phi) is 23.8. The molecule has 212 valence electrons. The van der Waals surface area contributed by atoms with Gasteiger partial charge in [0.15, 0.2) is 0 Å². The predicted octanol–water partition coefficient (Wildman–Crippen LogP) is 4.13. The number of nitrogens with two attached hydrogens (primary N) is 3. The van der Waals surface area contributed by atoms with E-state index in [4.69, 9.17) is 17.2 Å². The topological polar surface area (TPSA) is 145 Å². The molecule has 0 unspecified atom stereocenters. The lowest BCUT2D eigenvalue weighted by Gasteiger charge is -2.28. The molecule has 0 rings (SSSR count). The van der Waals surface area contributed by atoms with E-state index in [9.17, 15) is 14.4 Å². The molecule has 8 heteroatoms. The molecule has 0 bridgehead atoms. The number of hydrogen-bond donors (Lipinski definition) is 4. The van der Waals surface area contributed by atoms with E-state index >= 15 is 0 Å². The molecule has 0 radical (unpaired) electrons. The quantitative estimate of drug-likeness (QED) is 0.129. The first-order valence-electron chi connectivity index (χ1n) is 14.7. The van der Waals surface area contributed by atoms with Gasteiger partial charge in [-0.2, -0.15) is 0 Å². The maximum absolute atomic E-state index is 12.6. The van der Waals surface area contributed by atoms with Gasteiger partial charge in [0.2, 0.25) is 17.7 Å². The monoisotopic (exact) mass is 511 g/mol. The molecule has 0 aliphatic rings. The van der Waals surface area contributed by atoms with Gasteiger partial charge in [-0.25, -0.2) is 0 Å². The molecule has 0 aromatic heterocycles. The first-order valence-corrected chi connectivity index (χ1v) is 14.7. The van der Waals surface area contributed by atoms with Crippen LogP contribution in [0.15, 0.2) is 0 Å². The molecular formula is C28H57N5O3. The van der Waals surface area contributed by atoms with Crippen LogP contribution < -0.4 is 22.5 Å². The molecule has 8 nitrogen and oxygen atoms in total. The fourth-order valence-electron chi connectivity index (χ4n) is 4.47. The molecule has 0 aliphatic carbocycles. The molecule has 0 aliphatic heterocycles. The molecule has 0 saturated heterocycles. The van der Waals surface area contributed by atoms with Crippen molar-refractivity contribution in [2.45, 2.75) is 135 Å². The average Bonchev–Trinajstić information content (AvgIpc) is 2.84. The highest BCUT2D eigenvalue weighted by Gasteiger charge is 2.21. The van der Waals surface area contributed by atoms with Gasteiger partial charge in [-0.05, 0) is 38.8 Å². The van der Waals surface area contributed by atoms with Crippen LogP contribution in [0.5, 0.6) is 0 Å². The predicted molar refractivity (Wildman–Crippen MR) is 149 cm³/mol. The van der Waals surface area contributed by atoms with Crippen LogP contribution in [-0.4, -0.2) is 54.8 Å². The number of carbonyl (C=O) groups is 3. The minimum atomic E-state index is -0.560. The highest BCUT2D eigenvalue weighted by Crippen LogP contribution is 2.13. The van der Waals surface area contributed by atoms with Crippen molar-refractivity contribution in [1.29, 1.82) is 0 Å². The molecule has 0 spiro atoms. The summed E-state index contributed by atoms with van der Waals surface area (Å²) >= 11 is 0. The van der Waals surface area contributed by atoms with Gasteiger partial charge in [-0.3, -0.25) is 14.4 Å². The van der Waals surface area contributed by atoms with E-state index < -0.39 is 5.91 Å². The summed E-state index contributed by atoms with van der Waals surface area (Å²) in [5.41, 5.74) is 16.5. The van der Waals surface area contributed by atoms with Crippen molar-refractivity contribution in [2.75, 3.05) is 26.2 Å². The molecule has 0 aromatic carbocycles. The van der Waals surface area contributed by atoms with Crippen molar-refractivity contribution in [2.24, 2.45) is 17.2 Å². The second-order valence-corrected chi connectivity index (χ2v) is 10.2. The molecule has 0 heterocycles. The fourth-order valence-corrected chi connectivity index (χ4v) is 4.47. The van der Waals surface area contributed by atoms with Crippen molar-refractivity contribution >= 4 is 17.7 Å². The van der Waals surface area contributed by atoms with Crippen LogP contribution in [-0.2, 0) is 14.4 Å². The first-order chi connectivity index (χ1) is 17.4. The molecule has 1 atom stereocenters. The van der Waals surface area contributed by atoms with E-state index in [-0.39, 0.29) is 37.4 Å². The van der Waals surface area contributed by atoms with Gasteiger partial charge in [0.25, 0.3) is 0 Å². The van der Waals surface area contributed by atoms with Gasteiger partial charge < -0.3 is 27.4 Å². The van der Waals surface area contributed by atoms with Crippen LogP contribution in [0.3, 0.4) is 0 Å². The van der Waals surface area contributed by atoms with E-state index in [1.807, 2.05) is 0 Å². The van der Waals surface area contributed by atoms with Crippen LogP contribution in [0.25, 0.3) is 0 Å². The van der Waals surface area contributed by atoms with Crippen LogP contribution in [0.2, 0.25) is 0 Å². The smallest absolute Gasteiger partial charge is 0.237 e. The Bertz CT molecular complexity index is 559. The largest absolute Gasteiger partial charge is 0.368 e. The number of rotatable bonds is 26. The van der Waals surface area contributed by atoms with Gasteiger partial charge in [0.05, 0.1) is 6.54 Å². The lowest BCUT2D eigenvalue weighted by atomic mass is 10.0. The fraction of sp³-hybridized carbons (Fsp3) is 0.893. The maximum atomic E-state index is 12.6. The molecule has 3 amide bonds. The zero-order valence-electron chi connectivity index (χ0n) is 23.2. The first kappa shape index (κ1) is 34.3. The summed E-state index contributed by atoms with van der Waals surface area (Å²) in [6.45, 7) is 3.38. The Labute approximate surface area is 220 Å². The van der Waals surface area contributed by atoms with E-state index in [2.05, 4.69) is 12.2 Å². The number of nitrogens with one attached hydrogen (secondary N) is 1. The van der Waals surface area contributed by atoms with Gasteiger partial charge in [0.1, 0.15) is 0 Å². The zero-order chi connectivity index (χ0) is 26.9. The maximum Gasteiger partial charge on any atom is 0.237 e. The number of nitrogens with zero attached hydrogens (tertiary/aromatic N) is 1. The lowest BCUT2D eigenvalue weighted by Crippen LogP contribution is -2.48. The van der Waals surface area contributed by atoms with E-state index in [1.54, 1.807) is 0 Å². The van der Waals surface area contributed by atoms with Gasteiger partial charge in [-0.1, -0.05) is 90.4 Å². The number of carbonyl (C=O) groups excluding carboxylic acids is 3. The average molecular weight is 512 g/mol. The standard InChI is InChI=1S/C28H57N5O3/c1-2-3-4-5-6-7-8-9-10-11-12-13-14-19-27(35)32-25(18-15-16-21-29)23-33(24-26(31)34)28(36)20-17-22-30/h25H,2-24,29-30H2,1H3,(H2,31,34)(H,32,35)/t25-/m0/s1. The summed E-state index contributed by atoms with van der Waals surface area (Å²) in [7, 11) is 0. The Morgan fingerprint density at radius 2 is 1.22 bits per heavy atom. The third-order valence-electron chi connectivity index (χ3n) is 6.61.